The Morgan fingerprint density at radius 3 is 2.14 bits per heavy atom. The van der Waals surface area contributed by atoms with E-state index >= 15 is 0 Å². The van der Waals surface area contributed by atoms with Crippen LogP contribution in [0.5, 0.6) is 0 Å². The van der Waals surface area contributed by atoms with Gasteiger partial charge in [-0.2, -0.15) is 0 Å². The van der Waals surface area contributed by atoms with Crippen molar-refractivity contribution in [3.63, 3.8) is 0 Å². The minimum absolute atomic E-state index is 0.0973. The zero-order valence-corrected chi connectivity index (χ0v) is 19.3. The summed E-state index contributed by atoms with van der Waals surface area (Å²) in [7, 11) is 0. The number of fused-ring (bicyclic) bond motifs is 3. The van der Waals surface area contributed by atoms with Crippen LogP contribution in [0.25, 0.3) is 11.1 Å². The van der Waals surface area contributed by atoms with E-state index in [2.05, 4.69) is 10.6 Å². The SMILES string of the molecule is CC(C)(CNC(=O)OCC1c2ccccc2-c2ccccc21)C(=O)Nc1c(F)cccc1C(=O)O. The van der Waals surface area contributed by atoms with E-state index in [1.807, 2.05) is 48.5 Å². The number of ether oxygens (including phenoxy) is 1. The Labute approximate surface area is 201 Å². The summed E-state index contributed by atoms with van der Waals surface area (Å²) in [6.45, 7) is 3.12. The number of carboxylic acids is 1. The van der Waals surface area contributed by atoms with Gasteiger partial charge in [-0.3, -0.25) is 4.79 Å². The Kier molecular flexibility index (Phi) is 6.55. The maximum absolute atomic E-state index is 14.2. The third-order valence-electron chi connectivity index (χ3n) is 6.12. The van der Waals surface area contributed by atoms with Crippen LogP contribution in [0.1, 0.15) is 41.3 Å². The molecule has 3 aromatic carbocycles. The number of halogens is 1. The molecular formula is C27H25FN2O5. The molecule has 0 aromatic heterocycles. The van der Waals surface area contributed by atoms with Crippen molar-refractivity contribution in [3.05, 3.63) is 89.2 Å². The molecule has 3 aromatic rings. The Morgan fingerprint density at radius 1 is 0.943 bits per heavy atom. The van der Waals surface area contributed by atoms with Gasteiger partial charge in [0.1, 0.15) is 12.4 Å². The molecule has 4 rings (SSSR count). The number of benzene rings is 3. The van der Waals surface area contributed by atoms with Gasteiger partial charge in [-0.15, -0.1) is 0 Å². The maximum Gasteiger partial charge on any atom is 0.407 e. The summed E-state index contributed by atoms with van der Waals surface area (Å²) in [4.78, 5) is 36.6. The maximum atomic E-state index is 14.2. The van der Waals surface area contributed by atoms with Crippen molar-refractivity contribution in [1.82, 2.24) is 5.32 Å². The number of carbonyl (C=O) groups is 3. The lowest BCUT2D eigenvalue weighted by Gasteiger charge is -2.24. The van der Waals surface area contributed by atoms with Gasteiger partial charge in [0.25, 0.3) is 0 Å². The fourth-order valence-corrected chi connectivity index (χ4v) is 4.13. The number of carboxylic acid groups (broad SMARTS) is 1. The van der Waals surface area contributed by atoms with Crippen molar-refractivity contribution in [2.45, 2.75) is 19.8 Å². The minimum atomic E-state index is -1.37. The highest BCUT2D eigenvalue weighted by molar-refractivity contribution is 6.02. The molecule has 0 spiro atoms. The number of hydrogen-bond acceptors (Lipinski definition) is 4. The third-order valence-corrected chi connectivity index (χ3v) is 6.12. The van der Waals surface area contributed by atoms with Crippen molar-refractivity contribution in [2.24, 2.45) is 5.41 Å². The minimum Gasteiger partial charge on any atom is -0.478 e. The fraction of sp³-hybridized carbons (Fsp3) is 0.222. The lowest BCUT2D eigenvalue weighted by molar-refractivity contribution is -0.123. The summed E-state index contributed by atoms with van der Waals surface area (Å²) in [5.74, 6) is -2.98. The zero-order chi connectivity index (χ0) is 25.2. The van der Waals surface area contributed by atoms with Crippen LogP contribution in [0.3, 0.4) is 0 Å². The number of rotatable bonds is 7. The lowest BCUT2D eigenvalue weighted by Crippen LogP contribution is -2.42. The van der Waals surface area contributed by atoms with Crippen molar-refractivity contribution < 1.29 is 28.6 Å². The largest absolute Gasteiger partial charge is 0.478 e. The second-order valence-corrected chi connectivity index (χ2v) is 8.98. The first-order chi connectivity index (χ1) is 16.7. The van der Waals surface area contributed by atoms with E-state index < -0.39 is 34.9 Å². The number of para-hydroxylation sites is 1. The second kappa shape index (κ2) is 9.58. The highest BCUT2D eigenvalue weighted by Crippen LogP contribution is 2.44. The van der Waals surface area contributed by atoms with E-state index in [9.17, 15) is 23.9 Å². The molecule has 0 fully saturated rings. The van der Waals surface area contributed by atoms with Gasteiger partial charge in [-0.05, 0) is 48.2 Å². The number of alkyl carbamates (subject to hydrolysis) is 1. The van der Waals surface area contributed by atoms with E-state index in [0.29, 0.717) is 0 Å². The van der Waals surface area contributed by atoms with Crippen LogP contribution in [0.15, 0.2) is 66.7 Å². The van der Waals surface area contributed by atoms with E-state index in [-0.39, 0.29) is 24.6 Å². The Bertz CT molecular complexity index is 1260. The Balaban J connectivity index is 1.37. The van der Waals surface area contributed by atoms with Crippen LogP contribution in [0, 0.1) is 11.2 Å². The topological polar surface area (TPSA) is 105 Å². The summed E-state index contributed by atoms with van der Waals surface area (Å²) in [6.07, 6.45) is -0.690. The first-order valence-corrected chi connectivity index (χ1v) is 11.1. The lowest BCUT2D eigenvalue weighted by atomic mass is 9.92. The first kappa shape index (κ1) is 23.9. The van der Waals surface area contributed by atoms with Gasteiger partial charge in [0, 0.05) is 12.5 Å². The average Bonchev–Trinajstić information content (AvgIpc) is 3.16. The molecule has 0 aliphatic heterocycles. The van der Waals surface area contributed by atoms with Gasteiger partial charge >= 0.3 is 12.1 Å². The molecule has 0 saturated heterocycles. The predicted molar refractivity (Wildman–Crippen MR) is 129 cm³/mol. The standard InChI is InChI=1S/C27H25FN2O5/c1-27(2,25(33)30-23-20(24(31)32)12-7-13-22(23)28)15-29-26(34)35-14-21-18-10-5-3-8-16(18)17-9-4-6-11-19(17)21/h3-13,21H,14-15H2,1-2H3,(H,29,34)(H,30,33)(H,31,32). The molecule has 1 aliphatic rings. The number of aromatic carboxylic acids is 1. The van der Waals surface area contributed by atoms with Crippen LogP contribution in [0.4, 0.5) is 14.9 Å². The molecule has 0 unspecified atom stereocenters. The fourth-order valence-electron chi connectivity index (χ4n) is 4.13. The number of carbonyl (C=O) groups excluding carboxylic acids is 2. The van der Waals surface area contributed by atoms with E-state index in [0.717, 1.165) is 28.3 Å². The van der Waals surface area contributed by atoms with E-state index in [1.165, 1.54) is 12.1 Å². The van der Waals surface area contributed by atoms with Gasteiger partial charge in [-0.1, -0.05) is 54.6 Å². The molecule has 0 bridgehead atoms. The summed E-state index contributed by atoms with van der Waals surface area (Å²) in [6, 6.07) is 19.5. The molecule has 180 valence electrons. The van der Waals surface area contributed by atoms with Crippen LogP contribution < -0.4 is 10.6 Å². The van der Waals surface area contributed by atoms with Gasteiger partial charge in [0.15, 0.2) is 0 Å². The normalized spacial score (nSPS) is 12.4. The van der Waals surface area contributed by atoms with Gasteiger partial charge < -0.3 is 20.5 Å². The third kappa shape index (κ3) is 4.87. The van der Waals surface area contributed by atoms with Gasteiger partial charge in [-0.25, -0.2) is 14.0 Å². The van der Waals surface area contributed by atoms with Gasteiger partial charge in [0.2, 0.25) is 5.91 Å². The quantitative estimate of drug-likeness (QED) is 0.444. The molecule has 8 heteroatoms. The summed E-state index contributed by atoms with van der Waals surface area (Å²) >= 11 is 0. The monoisotopic (exact) mass is 476 g/mol. The zero-order valence-electron chi connectivity index (χ0n) is 19.3. The highest BCUT2D eigenvalue weighted by atomic mass is 19.1. The molecule has 3 N–H and O–H groups in total. The molecule has 0 radical (unpaired) electrons. The first-order valence-electron chi connectivity index (χ1n) is 11.1. The van der Waals surface area contributed by atoms with Gasteiger partial charge in [0.05, 0.1) is 16.7 Å². The van der Waals surface area contributed by atoms with Crippen molar-refractivity contribution in [2.75, 3.05) is 18.5 Å². The molecule has 0 heterocycles. The van der Waals surface area contributed by atoms with Crippen LogP contribution in [0.2, 0.25) is 0 Å². The summed E-state index contributed by atoms with van der Waals surface area (Å²) < 4.78 is 19.6. The number of nitrogens with one attached hydrogen (secondary N) is 2. The number of amides is 2. The van der Waals surface area contributed by atoms with Crippen LogP contribution in [-0.2, 0) is 9.53 Å². The predicted octanol–water partition coefficient (Wildman–Crippen LogP) is 5.03. The molecule has 2 amide bonds. The van der Waals surface area contributed by atoms with E-state index in [4.69, 9.17) is 4.74 Å². The Hall–Kier alpha value is -4.20. The summed E-state index contributed by atoms with van der Waals surface area (Å²) in [5.41, 5.74) is 2.44. The van der Waals surface area contributed by atoms with Crippen LogP contribution in [-0.4, -0.2) is 36.2 Å². The van der Waals surface area contributed by atoms with Crippen molar-refractivity contribution in [3.8, 4) is 11.1 Å². The molecular weight excluding hydrogens is 451 g/mol. The second-order valence-electron chi connectivity index (χ2n) is 8.98. The molecule has 1 aliphatic carbocycles. The number of anilines is 1. The smallest absolute Gasteiger partial charge is 0.407 e. The molecule has 35 heavy (non-hydrogen) atoms. The number of hydrogen-bond donors (Lipinski definition) is 3. The summed E-state index contributed by atoms with van der Waals surface area (Å²) in [5, 5.41) is 14.2. The van der Waals surface area contributed by atoms with Crippen LogP contribution >= 0.6 is 0 Å². The molecule has 0 atom stereocenters. The van der Waals surface area contributed by atoms with E-state index in [1.54, 1.807) is 13.8 Å². The molecule has 7 nitrogen and oxygen atoms in total. The molecule has 0 saturated carbocycles. The highest BCUT2D eigenvalue weighted by Gasteiger charge is 2.32. The Morgan fingerprint density at radius 2 is 1.54 bits per heavy atom. The van der Waals surface area contributed by atoms with Crippen molar-refractivity contribution in [1.29, 1.82) is 0 Å². The van der Waals surface area contributed by atoms with Crippen molar-refractivity contribution >= 4 is 23.7 Å². The average molecular weight is 477 g/mol.